The third-order valence-corrected chi connectivity index (χ3v) is 4.88. The van der Waals surface area contributed by atoms with Gasteiger partial charge in [-0.1, -0.05) is 33.8 Å². The number of halogens is 1. The number of hydrogen-bond donors (Lipinski definition) is 0. The molecule has 0 aliphatic heterocycles. The lowest BCUT2D eigenvalue weighted by molar-refractivity contribution is 0.660. The standard InChI is InChI=1S/C16H13BrN2S/c17-13-5-3-6-14(9-13)20-16-12(10-18)8-11-4-1-2-7-15(11)19-16/h3,5-6,8-9H,1-2,4,7H2. The summed E-state index contributed by atoms with van der Waals surface area (Å²) in [6, 6.07) is 12.4. The van der Waals surface area contributed by atoms with Crippen molar-refractivity contribution in [3.63, 3.8) is 0 Å². The predicted octanol–water partition coefficient (Wildman–Crippen LogP) is 4.75. The molecule has 100 valence electrons. The van der Waals surface area contributed by atoms with Crippen molar-refractivity contribution in [3.05, 3.63) is 51.6 Å². The van der Waals surface area contributed by atoms with Crippen LogP contribution in [0.1, 0.15) is 29.7 Å². The summed E-state index contributed by atoms with van der Waals surface area (Å²) in [5.41, 5.74) is 3.12. The molecule has 0 fully saturated rings. The Hall–Kier alpha value is -1.31. The molecule has 1 aliphatic rings. The fraction of sp³-hybridized carbons (Fsp3) is 0.250. The smallest absolute Gasteiger partial charge is 0.119 e. The highest BCUT2D eigenvalue weighted by atomic mass is 79.9. The molecule has 0 bridgehead atoms. The number of nitriles is 1. The Bertz CT molecular complexity index is 691. The van der Waals surface area contributed by atoms with Crippen molar-refractivity contribution >= 4 is 27.7 Å². The van der Waals surface area contributed by atoms with Gasteiger partial charge in [-0.15, -0.1) is 0 Å². The fourth-order valence-electron chi connectivity index (χ4n) is 2.41. The van der Waals surface area contributed by atoms with Crippen LogP contribution in [-0.4, -0.2) is 4.98 Å². The normalized spacial score (nSPS) is 13.6. The molecule has 20 heavy (non-hydrogen) atoms. The summed E-state index contributed by atoms with van der Waals surface area (Å²) in [4.78, 5) is 5.83. The number of benzene rings is 1. The first-order chi connectivity index (χ1) is 9.76. The maximum Gasteiger partial charge on any atom is 0.119 e. The number of hydrogen-bond acceptors (Lipinski definition) is 3. The molecule has 2 nitrogen and oxygen atoms in total. The Labute approximate surface area is 131 Å². The third-order valence-electron chi connectivity index (χ3n) is 3.40. The highest BCUT2D eigenvalue weighted by Crippen LogP contribution is 2.32. The largest absolute Gasteiger partial charge is 0.244 e. The van der Waals surface area contributed by atoms with Crippen LogP contribution in [0.15, 0.2) is 44.7 Å². The van der Waals surface area contributed by atoms with Gasteiger partial charge in [-0.3, -0.25) is 0 Å². The van der Waals surface area contributed by atoms with Crippen molar-refractivity contribution in [3.8, 4) is 6.07 Å². The summed E-state index contributed by atoms with van der Waals surface area (Å²) in [5, 5.41) is 10.2. The van der Waals surface area contributed by atoms with E-state index in [2.05, 4.69) is 22.0 Å². The van der Waals surface area contributed by atoms with Crippen LogP contribution in [0, 0.1) is 11.3 Å². The number of aromatic nitrogens is 1. The summed E-state index contributed by atoms with van der Waals surface area (Å²) in [6.07, 6.45) is 4.50. The highest BCUT2D eigenvalue weighted by molar-refractivity contribution is 9.10. The molecule has 1 aromatic carbocycles. The second kappa shape index (κ2) is 5.99. The van der Waals surface area contributed by atoms with Crippen LogP contribution in [0.2, 0.25) is 0 Å². The van der Waals surface area contributed by atoms with E-state index in [9.17, 15) is 5.26 Å². The maximum absolute atomic E-state index is 9.34. The number of rotatable bonds is 2. The van der Waals surface area contributed by atoms with Crippen LogP contribution in [0.25, 0.3) is 0 Å². The van der Waals surface area contributed by atoms with E-state index in [0.29, 0.717) is 5.56 Å². The Balaban J connectivity index is 1.98. The van der Waals surface area contributed by atoms with E-state index in [-0.39, 0.29) is 0 Å². The van der Waals surface area contributed by atoms with Crippen molar-refractivity contribution < 1.29 is 0 Å². The van der Waals surface area contributed by atoms with Crippen molar-refractivity contribution in [2.45, 2.75) is 35.6 Å². The number of pyridine rings is 1. The molecule has 1 aliphatic carbocycles. The Morgan fingerprint density at radius 2 is 2.05 bits per heavy atom. The van der Waals surface area contributed by atoms with E-state index >= 15 is 0 Å². The van der Waals surface area contributed by atoms with Gasteiger partial charge in [0.15, 0.2) is 0 Å². The molecule has 0 saturated heterocycles. The zero-order chi connectivity index (χ0) is 13.9. The van der Waals surface area contributed by atoms with Crippen molar-refractivity contribution in [2.24, 2.45) is 0 Å². The molecule has 1 heterocycles. The van der Waals surface area contributed by atoms with Gasteiger partial charge < -0.3 is 0 Å². The molecule has 0 atom stereocenters. The molecular formula is C16H13BrN2S. The van der Waals surface area contributed by atoms with Gasteiger partial charge in [-0.05, 0) is 55.5 Å². The van der Waals surface area contributed by atoms with Gasteiger partial charge in [0.05, 0.1) is 5.56 Å². The van der Waals surface area contributed by atoms with Crippen LogP contribution in [0.3, 0.4) is 0 Å². The maximum atomic E-state index is 9.34. The van der Waals surface area contributed by atoms with Gasteiger partial charge in [-0.25, -0.2) is 4.98 Å². The molecule has 0 spiro atoms. The minimum atomic E-state index is 0.690. The molecule has 0 unspecified atom stereocenters. The zero-order valence-corrected chi connectivity index (χ0v) is 13.3. The molecule has 4 heteroatoms. The summed E-state index contributed by atoms with van der Waals surface area (Å²) in [7, 11) is 0. The van der Waals surface area contributed by atoms with Crippen LogP contribution in [-0.2, 0) is 12.8 Å². The number of aryl methyl sites for hydroxylation is 2. The van der Waals surface area contributed by atoms with E-state index in [1.165, 1.54) is 24.1 Å². The Morgan fingerprint density at radius 1 is 1.20 bits per heavy atom. The molecule has 0 radical (unpaired) electrons. The quantitative estimate of drug-likeness (QED) is 0.788. The SMILES string of the molecule is N#Cc1cc2c(nc1Sc1cccc(Br)c1)CCCC2. The van der Waals surface area contributed by atoms with Gasteiger partial charge in [0.25, 0.3) is 0 Å². The lowest BCUT2D eigenvalue weighted by Crippen LogP contribution is -2.07. The lowest BCUT2D eigenvalue weighted by Gasteiger charge is -2.16. The molecule has 0 saturated carbocycles. The van der Waals surface area contributed by atoms with Crippen LogP contribution in [0.5, 0.6) is 0 Å². The number of nitrogens with zero attached hydrogens (tertiary/aromatic N) is 2. The minimum absolute atomic E-state index is 0.690. The fourth-order valence-corrected chi connectivity index (χ4v) is 3.89. The van der Waals surface area contributed by atoms with Crippen molar-refractivity contribution in [1.29, 1.82) is 5.26 Å². The minimum Gasteiger partial charge on any atom is -0.244 e. The second-order valence-electron chi connectivity index (χ2n) is 4.83. The number of fused-ring (bicyclic) bond motifs is 1. The summed E-state index contributed by atoms with van der Waals surface area (Å²) < 4.78 is 1.04. The van der Waals surface area contributed by atoms with E-state index in [1.54, 1.807) is 11.8 Å². The van der Waals surface area contributed by atoms with E-state index < -0.39 is 0 Å². The summed E-state index contributed by atoms with van der Waals surface area (Å²) >= 11 is 5.03. The second-order valence-corrected chi connectivity index (χ2v) is 6.80. The van der Waals surface area contributed by atoms with Crippen molar-refractivity contribution in [1.82, 2.24) is 4.98 Å². The highest BCUT2D eigenvalue weighted by Gasteiger charge is 2.15. The average molecular weight is 345 g/mol. The van der Waals surface area contributed by atoms with Crippen LogP contribution >= 0.6 is 27.7 Å². The predicted molar refractivity (Wildman–Crippen MR) is 83.9 cm³/mol. The Morgan fingerprint density at radius 3 is 2.85 bits per heavy atom. The van der Waals surface area contributed by atoms with Gasteiger partial charge >= 0.3 is 0 Å². The molecule has 0 amide bonds. The van der Waals surface area contributed by atoms with Crippen LogP contribution in [0.4, 0.5) is 0 Å². The first-order valence-corrected chi connectivity index (χ1v) is 8.23. The molecule has 0 N–H and O–H groups in total. The zero-order valence-electron chi connectivity index (χ0n) is 10.9. The van der Waals surface area contributed by atoms with Gasteiger partial charge in [-0.2, -0.15) is 5.26 Å². The summed E-state index contributed by atoms with van der Waals surface area (Å²) in [5.74, 6) is 0. The lowest BCUT2D eigenvalue weighted by atomic mass is 9.95. The molecule has 1 aromatic heterocycles. The first kappa shape index (κ1) is 13.7. The molecule has 2 aromatic rings. The monoisotopic (exact) mass is 344 g/mol. The van der Waals surface area contributed by atoms with Gasteiger partial charge in [0, 0.05) is 15.1 Å². The Kier molecular flexibility index (Phi) is 4.09. The van der Waals surface area contributed by atoms with Gasteiger partial charge in [0.1, 0.15) is 11.1 Å². The van der Waals surface area contributed by atoms with Crippen molar-refractivity contribution in [2.75, 3.05) is 0 Å². The molecule has 3 rings (SSSR count). The summed E-state index contributed by atoms with van der Waals surface area (Å²) in [6.45, 7) is 0. The van der Waals surface area contributed by atoms with E-state index in [4.69, 9.17) is 4.98 Å². The van der Waals surface area contributed by atoms with E-state index in [0.717, 1.165) is 27.2 Å². The first-order valence-electron chi connectivity index (χ1n) is 6.62. The molecular weight excluding hydrogens is 332 g/mol. The topological polar surface area (TPSA) is 36.7 Å². The average Bonchev–Trinajstić information content (AvgIpc) is 2.46. The third kappa shape index (κ3) is 2.89. The van der Waals surface area contributed by atoms with E-state index in [1.807, 2.05) is 30.3 Å². The van der Waals surface area contributed by atoms with Crippen LogP contribution < -0.4 is 0 Å². The van der Waals surface area contributed by atoms with Gasteiger partial charge in [0.2, 0.25) is 0 Å².